The van der Waals surface area contributed by atoms with Gasteiger partial charge in [-0.25, -0.2) is 4.79 Å². The van der Waals surface area contributed by atoms with E-state index in [1.165, 1.54) is 6.92 Å². The topological polar surface area (TPSA) is 55.4 Å². The number of ketones is 1. The summed E-state index contributed by atoms with van der Waals surface area (Å²) in [5, 5.41) is 2.59. The van der Waals surface area contributed by atoms with Gasteiger partial charge in [-0.2, -0.15) is 0 Å². The molecule has 0 unspecified atom stereocenters. The lowest BCUT2D eigenvalue weighted by Gasteiger charge is -2.08. The maximum atomic E-state index is 11.3. The van der Waals surface area contributed by atoms with Gasteiger partial charge in [0.05, 0.1) is 6.61 Å². The number of hydrogen-bond donors (Lipinski definition) is 1. The molecule has 0 heterocycles. The highest BCUT2D eigenvalue weighted by molar-refractivity contribution is 5.94. The van der Waals surface area contributed by atoms with Gasteiger partial charge >= 0.3 is 6.09 Å². The Morgan fingerprint density at radius 3 is 2.11 bits per heavy atom. The van der Waals surface area contributed by atoms with E-state index in [1.807, 2.05) is 27.7 Å². The molecule has 4 nitrogen and oxygen atoms in total. The average Bonchev–Trinajstić information content (AvgIpc) is 2.39. The van der Waals surface area contributed by atoms with Crippen molar-refractivity contribution in [3.8, 4) is 0 Å². The van der Waals surface area contributed by atoms with Crippen LogP contribution < -0.4 is 5.32 Å². The van der Waals surface area contributed by atoms with Crippen molar-refractivity contribution in [2.45, 2.75) is 34.6 Å². The molecule has 0 saturated heterocycles. The lowest BCUT2D eigenvalue weighted by atomic mass is 10.1. The van der Waals surface area contributed by atoms with Crippen molar-refractivity contribution >= 4 is 17.6 Å². The van der Waals surface area contributed by atoms with Gasteiger partial charge in [0, 0.05) is 11.3 Å². The van der Waals surface area contributed by atoms with Crippen LogP contribution in [0.4, 0.5) is 10.5 Å². The Labute approximate surface area is 115 Å². The lowest BCUT2D eigenvalue weighted by molar-refractivity contribution is 0.101. The van der Waals surface area contributed by atoms with E-state index in [0.717, 1.165) is 0 Å². The summed E-state index contributed by atoms with van der Waals surface area (Å²) in [6.07, 6.45) is -0.478. The fourth-order valence-electron chi connectivity index (χ4n) is 1.18. The minimum atomic E-state index is -0.478. The van der Waals surface area contributed by atoms with E-state index in [0.29, 0.717) is 23.8 Å². The highest BCUT2D eigenvalue weighted by Gasteiger charge is 2.05. The summed E-state index contributed by atoms with van der Waals surface area (Å²) < 4.78 is 4.97. The van der Waals surface area contributed by atoms with Crippen LogP contribution in [0, 0.1) is 5.92 Å². The van der Waals surface area contributed by atoms with E-state index >= 15 is 0 Å². The molecule has 1 amide bonds. The van der Waals surface area contributed by atoms with E-state index in [2.05, 4.69) is 5.32 Å². The summed E-state index contributed by atoms with van der Waals surface area (Å²) in [6, 6.07) is 6.68. The summed E-state index contributed by atoms with van der Waals surface area (Å²) in [7, 11) is 0. The number of anilines is 1. The van der Waals surface area contributed by atoms with E-state index < -0.39 is 6.09 Å². The van der Waals surface area contributed by atoms with E-state index in [9.17, 15) is 9.59 Å². The van der Waals surface area contributed by atoms with Crippen molar-refractivity contribution in [2.24, 2.45) is 5.92 Å². The molecule has 19 heavy (non-hydrogen) atoms. The fraction of sp³-hybridized carbons (Fsp3) is 0.467. The van der Waals surface area contributed by atoms with Crippen LogP contribution in [0.3, 0.4) is 0 Å². The molecule has 106 valence electrons. The summed E-state index contributed by atoms with van der Waals surface area (Å²) >= 11 is 0. The highest BCUT2D eigenvalue weighted by Crippen LogP contribution is 2.10. The Bertz CT molecular complexity index is 396. The smallest absolute Gasteiger partial charge is 0.411 e. The monoisotopic (exact) mass is 265 g/mol. The van der Waals surface area contributed by atoms with Crippen LogP contribution in [0.2, 0.25) is 0 Å². The molecule has 4 heteroatoms. The zero-order valence-corrected chi connectivity index (χ0v) is 12.3. The molecule has 1 aromatic rings. The van der Waals surface area contributed by atoms with Crippen LogP contribution in [-0.4, -0.2) is 18.5 Å². The zero-order valence-electron chi connectivity index (χ0n) is 12.3. The molecule has 0 saturated carbocycles. The predicted molar refractivity (Wildman–Crippen MR) is 77.6 cm³/mol. The quantitative estimate of drug-likeness (QED) is 0.833. The molecule has 1 rings (SSSR count). The van der Waals surface area contributed by atoms with Gasteiger partial charge in [-0.05, 0) is 37.1 Å². The first-order valence-corrected chi connectivity index (χ1v) is 6.54. The van der Waals surface area contributed by atoms with Crippen LogP contribution in [0.25, 0.3) is 0 Å². The number of hydrogen-bond acceptors (Lipinski definition) is 3. The molecule has 0 aliphatic heterocycles. The van der Waals surface area contributed by atoms with Crippen LogP contribution in [-0.2, 0) is 4.74 Å². The lowest BCUT2D eigenvalue weighted by Crippen LogP contribution is -2.16. The van der Waals surface area contributed by atoms with Crippen molar-refractivity contribution in [2.75, 3.05) is 11.9 Å². The molecule has 0 spiro atoms. The third-order valence-electron chi connectivity index (χ3n) is 2.09. The predicted octanol–water partition coefficient (Wildman–Crippen LogP) is 4.12. The van der Waals surface area contributed by atoms with Gasteiger partial charge in [-0.15, -0.1) is 0 Å². The minimum Gasteiger partial charge on any atom is -0.449 e. The van der Waals surface area contributed by atoms with E-state index in [1.54, 1.807) is 24.3 Å². The second kappa shape index (κ2) is 9.14. The number of Topliss-reactive ketones (excluding diaryl/α,β-unsaturated/α-hetero) is 1. The fourth-order valence-corrected chi connectivity index (χ4v) is 1.18. The first-order chi connectivity index (χ1) is 8.99. The number of benzene rings is 1. The minimum absolute atomic E-state index is 0.000987. The van der Waals surface area contributed by atoms with Gasteiger partial charge in [0.25, 0.3) is 0 Å². The van der Waals surface area contributed by atoms with Gasteiger partial charge in [0.2, 0.25) is 0 Å². The molecule has 0 aliphatic carbocycles. The summed E-state index contributed by atoms with van der Waals surface area (Å²) in [5.74, 6) is 0.305. The molecule has 1 N–H and O–H groups in total. The van der Waals surface area contributed by atoms with E-state index in [4.69, 9.17) is 4.74 Å². The number of carbonyl (C=O) groups excluding carboxylic acids is 2. The number of nitrogens with one attached hydrogen (secondary N) is 1. The second-order valence-electron chi connectivity index (χ2n) is 4.25. The zero-order chi connectivity index (χ0) is 14.8. The molecule has 0 atom stereocenters. The van der Waals surface area contributed by atoms with Gasteiger partial charge in [0.15, 0.2) is 5.78 Å². The van der Waals surface area contributed by atoms with Gasteiger partial charge in [-0.3, -0.25) is 10.1 Å². The SMILES string of the molecule is CC.CC(=O)c1ccc(NC(=O)OCC(C)C)cc1. The largest absolute Gasteiger partial charge is 0.449 e. The number of ether oxygens (including phenoxy) is 1. The first-order valence-electron chi connectivity index (χ1n) is 6.54. The third-order valence-corrected chi connectivity index (χ3v) is 2.09. The van der Waals surface area contributed by atoms with Crippen LogP contribution in [0.5, 0.6) is 0 Å². The third kappa shape index (κ3) is 7.24. The average molecular weight is 265 g/mol. The Morgan fingerprint density at radius 1 is 1.16 bits per heavy atom. The van der Waals surface area contributed by atoms with Gasteiger partial charge in [-0.1, -0.05) is 27.7 Å². The molecule has 0 bridgehead atoms. The summed E-state index contributed by atoms with van der Waals surface area (Å²) in [4.78, 5) is 22.4. The van der Waals surface area contributed by atoms with Gasteiger partial charge in [0.1, 0.15) is 0 Å². The number of amides is 1. The van der Waals surface area contributed by atoms with E-state index in [-0.39, 0.29) is 5.78 Å². The maximum absolute atomic E-state index is 11.3. The molecule has 0 aliphatic rings. The molecular weight excluding hydrogens is 242 g/mol. The van der Waals surface area contributed by atoms with Crippen molar-refractivity contribution < 1.29 is 14.3 Å². The van der Waals surface area contributed by atoms with Crippen molar-refractivity contribution in [3.63, 3.8) is 0 Å². The summed E-state index contributed by atoms with van der Waals surface area (Å²) in [5.41, 5.74) is 1.23. The van der Waals surface area contributed by atoms with Crippen LogP contribution >= 0.6 is 0 Å². The molecule has 1 aromatic carbocycles. The summed E-state index contributed by atoms with van der Waals surface area (Å²) in [6.45, 7) is 9.82. The number of carbonyl (C=O) groups is 2. The Hall–Kier alpha value is -1.84. The molecule has 0 radical (unpaired) electrons. The van der Waals surface area contributed by atoms with Crippen molar-refractivity contribution in [1.82, 2.24) is 0 Å². The highest BCUT2D eigenvalue weighted by atomic mass is 16.5. The van der Waals surface area contributed by atoms with Crippen LogP contribution in [0.1, 0.15) is 45.0 Å². The van der Waals surface area contributed by atoms with Crippen molar-refractivity contribution in [3.05, 3.63) is 29.8 Å². The maximum Gasteiger partial charge on any atom is 0.411 e. The van der Waals surface area contributed by atoms with Crippen molar-refractivity contribution in [1.29, 1.82) is 0 Å². The first kappa shape index (κ1) is 17.2. The van der Waals surface area contributed by atoms with Crippen LogP contribution in [0.15, 0.2) is 24.3 Å². The Balaban J connectivity index is 0.00000154. The normalized spacial score (nSPS) is 9.37. The standard InChI is InChI=1S/C13H17NO3.C2H6/c1-9(2)8-17-13(16)14-12-6-4-11(5-7-12)10(3)15;1-2/h4-7,9H,8H2,1-3H3,(H,14,16);1-2H3. The molecule has 0 fully saturated rings. The Morgan fingerprint density at radius 2 is 1.68 bits per heavy atom. The molecular formula is C15H23NO3. The Kier molecular flexibility index (Phi) is 8.25. The van der Waals surface area contributed by atoms with Gasteiger partial charge < -0.3 is 4.74 Å². The number of rotatable bonds is 4. The second-order valence-corrected chi connectivity index (χ2v) is 4.25. The molecule has 0 aromatic heterocycles.